The Hall–Kier alpha value is -0.890. The van der Waals surface area contributed by atoms with Gasteiger partial charge in [-0.3, -0.25) is 4.98 Å². The van der Waals surface area contributed by atoms with Crippen LogP contribution in [0.1, 0.15) is 49.2 Å². The lowest BCUT2D eigenvalue weighted by Gasteiger charge is -2.11. The van der Waals surface area contributed by atoms with Crippen LogP contribution in [0.15, 0.2) is 12.1 Å². The number of pyridine rings is 1. The van der Waals surface area contributed by atoms with Gasteiger partial charge in [0.25, 0.3) is 0 Å². The molecule has 0 aliphatic carbocycles. The van der Waals surface area contributed by atoms with E-state index in [0.717, 1.165) is 36.2 Å². The third kappa shape index (κ3) is 3.11. The van der Waals surface area contributed by atoms with E-state index >= 15 is 0 Å². The molecule has 0 saturated heterocycles. The van der Waals surface area contributed by atoms with Crippen molar-refractivity contribution in [3.05, 3.63) is 29.1 Å². The van der Waals surface area contributed by atoms with Crippen molar-refractivity contribution in [2.24, 2.45) is 0 Å². The Labute approximate surface area is 86.0 Å². The van der Waals surface area contributed by atoms with Crippen molar-refractivity contribution in [1.82, 2.24) is 4.98 Å². The van der Waals surface area contributed by atoms with Gasteiger partial charge in [0, 0.05) is 11.4 Å². The molecule has 1 aromatic heterocycles. The lowest BCUT2D eigenvalue weighted by molar-refractivity contribution is 0.164. The molecule has 1 N–H and O–H groups in total. The van der Waals surface area contributed by atoms with Gasteiger partial charge in [0.15, 0.2) is 0 Å². The first-order chi connectivity index (χ1) is 6.63. The minimum absolute atomic E-state index is 0.324. The normalized spacial score (nSPS) is 12.9. The van der Waals surface area contributed by atoms with E-state index in [1.54, 1.807) is 0 Å². The topological polar surface area (TPSA) is 33.1 Å². The first-order valence-electron chi connectivity index (χ1n) is 5.26. The number of rotatable bonds is 4. The van der Waals surface area contributed by atoms with Gasteiger partial charge in [0.1, 0.15) is 0 Å². The molecule has 0 spiro atoms. The van der Waals surface area contributed by atoms with Crippen molar-refractivity contribution in [3.8, 4) is 0 Å². The summed E-state index contributed by atoms with van der Waals surface area (Å²) in [5.74, 6) is 0. The smallest absolute Gasteiger partial charge is 0.0791 e. The highest BCUT2D eigenvalue weighted by Crippen LogP contribution is 2.20. The van der Waals surface area contributed by atoms with E-state index in [9.17, 15) is 5.11 Å². The summed E-state index contributed by atoms with van der Waals surface area (Å²) >= 11 is 0. The predicted molar refractivity (Wildman–Crippen MR) is 58.2 cm³/mol. The average molecular weight is 193 g/mol. The maximum absolute atomic E-state index is 9.87. The van der Waals surface area contributed by atoms with Gasteiger partial charge in [-0.25, -0.2) is 0 Å². The lowest BCUT2D eigenvalue weighted by Crippen LogP contribution is -2.00. The van der Waals surface area contributed by atoms with Crippen LogP contribution < -0.4 is 0 Å². The predicted octanol–water partition coefficient (Wildman–Crippen LogP) is 2.92. The number of hydrogen-bond donors (Lipinski definition) is 1. The molecular formula is C12H19NO. The molecule has 0 aliphatic rings. The Balaban J connectivity index is 2.73. The van der Waals surface area contributed by atoms with E-state index in [-0.39, 0.29) is 6.10 Å². The summed E-state index contributed by atoms with van der Waals surface area (Å²) < 4.78 is 0. The van der Waals surface area contributed by atoms with Gasteiger partial charge in [-0.2, -0.15) is 0 Å². The fourth-order valence-electron chi connectivity index (χ4n) is 1.62. The van der Waals surface area contributed by atoms with Crippen molar-refractivity contribution in [1.29, 1.82) is 0 Å². The highest BCUT2D eigenvalue weighted by Gasteiger charge is 2.07. The molecule has 0 aromatic carbocycles. The standard InChI is InChI=1S/C12H19NO/c1-4-5-6-12(14)11-7-9(2)13-10(3)8-11/h7-8,12,14H,4-6H2,1-3H3. The monoisotopic (exact) mass is 193 g/mol. The van der Waals surface area contributed by atoms with Gasteiger partial charge in [-0.05, 0) is 38.0 Å². The van der Waals surface area contributed by atoms with Crippen LogP contribution in [0, 0.1) is 13.8 Å². The fourth-order valence-corrected chi connectivity index (χ4v) is 1.62. The zero-order valence-electron chi connectivity index (χ0n) is 9.25. The van der Waals surface area contributed by atoms with Crippen molar-refractivity contribution in [2.75, 3.05) is 0 Å². The number of aliphatic hydroxyl groups excluding tert-OH is 1. The number of hydrogen-bond acceptors (Lipinski definition) is 2. The number of aryl methyl sites for hydroxylation is 2. The van der Waals surface area contributed by atoms with Gasteiger partial charge in [-0.1, -0.05) is 19.8 Å². The summed E-state index contributed by atoms with van der Waals surface area (Å²) in [6, 6.07) is 3.93. The van der Waals surface area contributed by atoms with Gasteiger partial charge in [0.05, 0.1) is 6.10 Å². The van der Waals surface area contributed by atoms with E-state index < -0.39 is 0 Å². The SMILES string of the molecule is CCCCC(O)c1cc(C)nc(C)c1. The molecule has 0 saturated carbocycles. The maximum Gasteiger partial charge on any atom is 0.0791 e. The van der Waals surface area contributed by atoms with Crippen LogP contribution in [0.25, 0.3) is 0 Å². The molecule has 0 bridgehead atoms. The zero-order chi connectivity index (χ0) is 10.6. The second-order valence-electron chi connectivity index (χ2n) is 3.84. The van der Waals surface area contributed by atoms with Crippen LogP contribution in [-0.4, -0.2) is 10.1 Å². The quantitative estimate of drug-likeness (QED) is 0.797. The van der Waals surface area contributed by atoms with Crippen LogP contribution >= 0.6 is 0 Å². The Morgan fingerprint density at radius 2 is 1.86 bits per heavy atom. The second kappa shape index (κ2) is 5.11. The number of unbranched alkanes of at least 4 members (excludes halogenated alkanes) is 1. The highest BCUT2D eigenvalue weighted by molar-refractivity contribution is 5.22. The number of aromatic nitrogens is 1. The van der Waals surface area contributed by atoms with E-state index in [2.05, 4.69) is 11.9 Å². The third-order valence-corrected chi connectivity index (χ3v) is 2.32. The van der Waals surface area contributed by atoms with E-state index in [1.807, 2.05) is 26.0 Å². The average Bonchev–Trinajstić information content (AvgIpc) is 2.12. The Kier molecular flexibility index (Phi) is 4.08. The molecule has 2 heteroatoms. The van der Waals surface area contributed by atoms with Gasteiger partial charge in [-0.15, -0.1) is 0 Å². The van der Waals surface area contributed by atoms with Crippen molar-refractivity contribution >= 4 is 0 Å². The number of aliphatic hydroxyl groups is 1. The molecule has 1 unspecified atom stereocenters. The molecular weight excluding hydrogens is 174 g/mol. The van der Waals surface area contributed by atoms with Crippen molar-refractivity contribution in [3.63, 3.8) is 0 Å². The fraction of sp³-hybridized carbons (Fsp3) is 0.583. The minimum Gasteiger partial charge on any atom is -0.388 e. The van der Waals surface area contributed by atoms with Crippen molar-refractivity contribution < 1.29 is 5.11 Å². The summed E-state index contributed by atoms with van der Waals surface area (Å²) in [6.45, 7) is 6.06. The van der Waals surface area contributed by atoms with Crippen LogP contribution in [0.2, 0.25) is 0 Å². The van der Waals surface area contributed by atoms with E-state index in [0.29, 0.717) is 0 Å². The summed E-state index contributed by atoms with van der Waals surface area (Å²) in [5, 5.41) is 9.87. The summed E-state index contributed by atoms with van der Waals surface area (Å²) in [5.41, 5.74) is 2.97. The third-order valence-electron chi connectivity index (χ3n) is 2.32. The van der Waals surface area contributed by atoms with E-state index in [1.165, 1.54) is 0 Å². The Morgan fingerprint density at radius 1 is 1.29 bits per heavy atom. The molecule has 2 nitrogen and oxygen atoms in total. The first-order valence-corrected chi connectivity index (χ1v) is 5.26. The molecule has 0 aliphatic heterocycles. The molecule has 0 amide bonds. The minimum atomic E-state index is -0.324. The van der Waals surface area contributed by atoms with Crippen LogP contribution in [0.5, 0.6) is 0 Å². The highest BCUT2D eigenvalue weighted by atomic mass is 16.3. The molecule has 1 aromatic rings. The largest absolute Gasteiger partial charge is 0.388 e. The van der Waals surface area contributed by atoms with Crippen molar-refractivity contribution in [2.45, 2.75) is 46.1 Å². The van der Waals surface area contributed by atoms with Crippen LogP contribution in [0.4, 0.5) is 0 Å². The molecule has 1 heterocycles. The van der Waals surface area contributed by atoms with Gasteiger partial charge in [0.2, 0.25) is 0 Å². The lowest BCUT2D eigenvalue weighted by atomic mass is 10.0. The summed E-state index contributed by atoms with van der Waals surface area (Å²) in [6.07, 6.45) is 2.72. The number of nitrogens with zero attached hydrogens (tertiary/aromatic N) is 1. The molecule has 78 valence electrons. The van der Waals surface area contributed by atoms with Gasteiger partial charge >= 0.3 is 0 Å². The van der Waals surface area contributed by atoms with Gasteiger partial charge < -0.3 is 5.11 Å². The Morgan fingerprint density at radius 3 is 2.36 bits per heavy atom. The van der Waals surface area contributed by atoms with Crippen LogP contribution in [-0.2, 0) is 0 Å². The molecule has 0 radical (unpaired) electrons. The molecule has 1 atom stereocenters. The zero-order valence-corrected chi connectivity index (χ0v) is 9.25. The summed E-state index contributed by atoms with van der Waals surface area (Å²) in [7, 11) is 0. The van der Waals surface area contributed by atoms with Crippen LogP contribution in [0.3, 0.4) is 0 Å². The molecule has 14 heavy (non-hydrogen) atoms. The second-order valence-corrected chi connectivity index (χ2v) is 3.84. The maximum atomic E-state index is 9.87. The summed E-state index contributed by atoms with van der Waals surface area (Å²) in [4.78, 5) is 4.29. The Bertz CT molecular complexity index is 276. The van der Waals surface area contributed by atoms with E-state index in [4.69, 9.17) is 0 Å². The molecule has 1 rings (SSSR count). The molecule has 0 fully saturated rings. The first kappa shape index (κ1) is 11.2.